The summed E-state index contributed by atoms with van der Waals surface area (Å²) >= 11 is 0. The highest BCUT2D eigenvalue weighted by Gasteiger charge is 2.40. The van der Waals surface area contributed by atoms with Crippen LogP contribution in [0.5, 0.6) is 0 Å². The minimum Gasteiger partial charge on any atom is -0.478 e. The van der Waals surface area contributed by atoms with E-state index >= 15 is 0 Å². The van der Waals surface area contributed by atoms with Crippen molar-refractivity contribution in [3.05, 3.63) is 11.6 Å². The molecule has 0 aromatic rings. The first-order valence-electron chi connectivity index (χ1n) is 9.80. The predicted molar refractivity (Wildman–Crippen MR) is 112 cm³/mol. The molecule has 0 bridgehead atoms. The molecule has 0 saturated heterocycles. The summed E-state index contributed by atoms with van der Waals surface area (Å²) in [6.07, 6.45) is 2.17. The van der Waals surface area contributed by atoms with Gasteiger partial charge in [0.05, 0.1) is 11.6 Å². The van der Waals surface area contributed by atoms with E-state index in [-0.39, 0.29) is 23.3 Å². The highest BCUT2D eigenvalue weighted by atomic mass is 16.4. The minimum absolute atomic E-state index is 0.0118. The molecular weight excluding hydrogens is 358 g/mol. The number of amides is 2. The summed E-state index contributed by atoms with van der Waals surface area (Å²) in [6.45, 7) is 14.8. The molecule has 0 aromatic heterocycles. The van der Waals surface area contributed by atoms with Crippen LogP contribution in [0.2, 0.25) is 0 Å². The summed E-state index contributed by atoms with van der Waals surface area (Å²) in [4.78, 5) is 39.0. The molecule has 0 aliphatic heterocycles. The molecule has 7 heteroatoms. The molecule has 7 nitrogen and oxygen atoms in total. The fourth-order valence-corrected chi connectivity index (χ4v) is 2.82. The topological polar surface area (TPSA) is 98.7 Å². The number of nitrogens with zero attached hydrogens (tertiary/aromatic N) is 1. The van der Waals surface area contributed by atoms with Gasteiger partial charge < -0.3 is 20.6 Å². The van der Waals surface area contributed by atoms with Crippen molar-refractivity contribution in [1.82, 2.24) is 15.5 Å². The standard InChI is InChI=1S/C21H39N3O4/c1-11-21(8,22-9)19(28)23-16(20(5,6)7)17(25)24(10)15(13(2)3)12-14(4)18(26)27/h12-13,15-16,22H,11H2,1-10H3,(H,23,28)(H,26,27)/b14-12+. The number of hydrogen-bond donors (Lipinski definition) is 3. The van der Waals surface area contributed by atoms with Crippen molar-refractivity contribution in [3.63, 3.8) is 0 Å². The van der Waals surface area contributed by atoms with Gasteiger partial charge in [0.25, 0.3) is 0 Å². The second kappa shape index (κ2) is 10.0. The average molecular weight is 398 g/mol. The van der Waals surface area contributed by atoms with Gasteiger partial charge >= 0.3 is 5.97 Å². The summed E-state index contributed by atoms with van der Waals surface area (Å²) in [5.41, 5.74) is -1.11. The summed E-state index contributed by atoms with van der Waals surface area (Å²) < 4.78 is 0. The number of carbonyl (C=O) groups is 3. The Morgan fingerprint density at radius 3 is 1.96 bits per heavy atom. The van der Waals surface area contributed by atoms with Gasteiger partial charge in [-0.2, -0.15) is 0 Å². The van der Waals surface area contributed by atoms with Crippen molar-refractivity contribution in [2.45, 2.75) is 79.4 Å². The van der Waals surface area contributed by atoms with E-state index in [0.29, 0.717) is 6.42 Å². The maximum atomic E-state index is 13.3. The number of nitrogens with one attached hydrogen (secondary N) is 2. The van der Waals surface area contributed by atoms with Crippen LogP contribution in [-0.2, 0) is 14.4 Å². The minimum atomic E-state index is -1.01. The first-order chi connectivity index (χ1) is 12.6. The Balaban J connectivity index is 5.87. The first-order valence-corrected chi connectivity index (χ1v) is 9.80. The predicted octanol–water partition coefficient (Wildman–Crippen LogP) is 2.42. The Bertz CT molecular complexity index is 601. The number of carboxylic acids is 1. The summed E-state index contributed by atoms with van der Waals surface area (Å²) in [5, 5.41) is 15.1. The van der Waals surface area contributed by atoms with Crippen molar-refractivity contribution >= 4 is 17.8 Å². The van der Waals surface area contributed by atoms with Crippen LogP contribution in [0, 0.1) is 11.3 Å². The van der Waals surface area contributed by atoms with Crippen LogP contribution in [0.15, 0.2) is 11.6 Å². The van der Waals surface area contributed by atoms with E-state index in [1.807, 2.05) is 41.5 Å². The van der Waals surface area contributed by atoms with Crippen LogP contribution in [-0.4, -0.2) is 59.5 Å². The Labute approximate surface area is 169 Å². The number of carboxylic acid groups (broad SMARTS) is 1. The molecule has 0 heterocycles. The highest BCUT2D eigenvalue weighted by molar-refractivity contribution is 5.92. The Morgan fingerprint density at radius 2 is 1.64 bits per heavy atom. The van der Waals surface area contributed by atoms with E-state index in [4.69, 9.17) is 0 Å². The molecule has 0 radical (unpaired) electrons. The molecular formula is C21H39N3O4. The second-order valence-electron chi connectivity index (χ2n) is 9.05. The van der Waals surface area contributed by atoms with E-state index in [2.05, 4.69) is 10.6 Å². The number of aliphatic carboxylic acids is 1. The van der Waals surface area contributed by atoms with Crippen molar-refractivity contribution in [2.24, 2.45) is 11.3 Å². The molecule has 0 rings (SSSR count). The van der Waals surface area contributed by atoms with Crippen LogP contribution in [0.4, 0.5) is 0 Å². The van der Waals surface area contributed by atoms with E-state index in [1.165, 1.54) is 11.8 Å². The molecule has 0 fully saturated rings. The maximum Gasteiger partial charge on any atom is 0.331 e. The zero-order chi connectivity index (χ0) is 22.4. The quantitative estimate of drug-likeness (QED) is 0.519. The van der Waals surface area contributed by atoms with E-state index in [0.717, 1.165) is 0 Å². The number of likely N-dealkylation sites (N-methyl/N-ethyl adjacent to an activating group) is 2. The van der Waals surface area contributed by atoms with Crippen molar-refractivity contribution in [3.8, 4) is 0 Å². The number of hydrogen-bond acceptors (Lipinski definition) is 4. The third-order valence-corrected chi connectivity index (χ3v) is 5.38. The Kier molecular flexibility index (Phi) is 9.37. The molecule has 2 amide bonds. The van der Waals surface area contributed by atoms with Crippen LogP contribution in [0.25, 0.3) is 0 Å². The van der Waals surface area contributed by atoms with Crippen molar-refractivity contribution < 1.29 is 19.5 Å². The summed E-state index contributed by atoms with van der Waals surface area (Å²) in [7, 11) is 3.37. The molecule has 0 aromatic carbocycles. The summed E-state index contributed by atoms with van der Waals surface area (Å²) in [5.74, 6) is -1.49. The first kappa shape index (κ1) is 26.1. The van der Waals surface area contributed by atoms with Gasteiger partial charge in [-0.3, -0.25) is 9.59 Å². The van der Waals surface area contributed by atoms with Crippen molar-refractivity contribution in [1.29, 1.82) is 0 Å². The summed E-state index contributed by atoms with van der Waals surface area (Å²) in [6, 6.07) is -1.14. The van der Waals surface area contributed by atoms with E-state index in [9.17, 15) is 19.5 Å². The van der Waals surface area contributed by atoms with Gasteiger partial charge in [0.1, 0.15) is 6.04 Å². The zero-order valence-electron chi connectivity index (χ0n) is 19.1. The average Bonchev–Trinajstić information content (AvgIpc) is 2.60. The van der Waals surface area contributed by atoms with Gasteiger partial charge in [-0.15, -0.1) is 0 Å². The van der Waals surface area contributed by atoms with Gasteiger partial charge in [0, 0.05) is 12.6 Å². The third kappa shape index (κ3) is 6.62. The lowest BCUT2D eigenvalue weighted by Gasteiger charge is -2.39. The van der Waals surface area contributed by atoms with E-state index in [1.54, 1.807) is 27.1 Å². The van der Waals surface area contributed by atoms with Gasteiger partial charge in [-0.1, -0.05) is 47.6 Å². The lowest BCUT2D eigenvalue weighted by Crippen LogP contribution is -2.62. The molecule has 0 saturated carbocycles. The van der Waals surface area contributed by atoms with E-state index < -0.39 is 29.0 Å². The van der Waals surface area contributed by atoms with Crippen LogP contribution in [0.3, 0.4) is 0 Å². The smallest absolute Gasteiger partial charge is 0.331 e. The fourth-order valence-electron chi connectivity index (χ4n) is 2.82. The molecule has 0 aliphatic rings. The van der Waals surface area contributed by atoms with Crippen molar-refractivity contribution in [2.75, 3.05) is 14.1 Å². The third-order valence-electron chi connectivity index (χ3n) is 5.38. The normalized spacial score (nSPS) is 16.9. The molecule has 3 N–H and O–H groups in total. The molecule has 3 atom stereocenters. The van der Waals surface area contributed by atoms with Gasteiger partial charge in [0.15, 0.2) is 0 Å². The fraction of sp³-hybridized carbons (Fsp3) is 0.762. The van der Waals surface area contributed by atoms with Gasteiger partial charge in [-0.05, 0) is 38.6 Å². The van der Waals surface area contributed by atoms with Crippen LogP contribution >= 0.6 is 0 Å². The van der Waals surface area contributed by atoms with Crippen LogP contribution < -0.4 is 10.6 Å². The SMILES string of the molecule is CCC(C)(NC)C(=O)NC(C(=O)N(C)C(/C=C(\C)C(=O)O)C(C)C)C(C)(C)C. The van der Waals surface area contributed by atoms with Gasteiger partial charge in [0.2, 0.25) is 11.8 Å². The molecule has 0 aliphatic carbocycles. The largest absolute Gasteiger partial charge is 0.478 e. The second-order valence-corrected chi connectivity index (χ2v) is 9.05. The Morgan fingerprint density at radius 1 is 1.14 bits per heavy atom. The lowest BCUT2D eigenvalue weighted by atomic mass is 9.84. The van der Waals surface area contributed by atoms with Crippen LogP contribution in [0.1, 0.15) is 61.8 Å². The number of carbonyl (C=O) groups excluding carboxylic acids is 2. The maximum absolute atomic E-state index is 13.3. The molecule has 162 valence electrons. The molecule has 0 spiro atoms. The number of rotatable bonds is 9. The molecule has 3 unspecified atom stereocenters. The Hall–Kier alpha value is -1.89. The zero-order valence-corrected chi connectivity index (χ0v) is 19.1. The monoisotopic (exact) mass is 397 g/mol. The molecule has 28 heavy (non-hydrogen) atoms. The van der Waals surface area contributed by atoms with Gasteiger partial charge in [-0.25, -0.2) is 4.79 Å². The highest BCUT2D eigenvalue weighted by Crippen LogP contribution is 2.24. The lowest BCUT2D eigenvalue weighted by molar-refractivity contribution is -0.141.